The first-order valence-electron chi connectivity index (χ1n) is 10.7. The molecule has 4 rings (SSSR count). The van der Waals surface area contributed by atoms with Crippen molar-refractivity contribution in [2.75, 3.05) is 11.4 Å². The van der Waals surface area contributed by atoms with E-state index in [0.717, 1.165) is 29.8 Å². The van der Waals surface area contributed by atoms with Gasteiger partial charge in [0.25, 0.3) is 0 Å². The summed E-state index contributed by atoms with van der Waals surface area (Å²) in [5, 5.41) is 6.46. The second-order valence-electron chi connectivity index (χ2n) is 8.34. The zero-order valence-corrected chi connectivity index (χ0v) is 18.3. The normalized spacial score (nSPS) is 17.5. The zero-order chi connectivity index (χ0) is 21.8. The molecule has 1 aromatic heterocycles. The van der Waals surface area contributed by atoms with Gasteiger partial charge in [-0.2, -0.15) is 0 Å². The molecule has 2 N–H and O–H groups in total. The summed E-state index contributed by atoms with van der Waals surface area (Å²) in [6.07, 6.45) is 9.28. The Kier molecular flexibility index (Phi) is 6.32. The minimum Gasteiger partial charge on any atom is -0.439 e. The molecule has 0 spiro atoms. The number of hydrogen-bond acceptors (Lipinski definition) is 5. The van der Waals surface area contributed by atoms with E-state index in [1.165, 1.54) is 11.9 Å². The third-order valence-corrected chi connectivity index (χ3v) is 5.38. The van der Waals surface area contributed by atoms with Crippen molar-refractivity contribution in [1.82, 2.24) is 20.6 Å². The molecule has 7 nitrogen and oxygen atoms in total. The number of amides is 2. The van der Waals surface area contributed by atoms with Crippen molar-refractivity contribution in [1.29, 1.82) is 0 Å². The summed E-state index contributed by atoms with van der Waals surface area (Å²) in [4.78, 5) is 23.1. The Morgan fingerprint density at radius 2 is 2.16 bits per heavy atom. The van der Waals surface area contributed by atoms with Crippen molar-refractivity contribution in [3.63, 3.8) is 0 Å². The quantitative estimate of drug-likeness (QED) is 0.737. The largest absolute Gasteiger partial charge is 0.439 e. The molecule has 2 amide bonds. The molecule has 31 heavy (non-hydrogen) atoms. The van der Waals surface area contributed by atoms with Crippen molar-refractivity contribution in [3.8, 4) is 11.6 Å². The second kappa shape index (κ2) is 9.31. The molecule has 0 saturated heterocycles. The molecule has 7 heteroatoms. The maximum Gasteiger partial charge on any atom is 0.322 e. The maximum atomic E-state index is 12.8. The molecular formula is C24H29N5O2. The van der Waals surface area contributed by atoms with Crippen LogP contribution in [0.1, 0.15) is 38.4 Å². The minimum atomic E-state index is -0.0603. The number of hydrogen-bond donors (Lipinski definition) is 2. The lowest BCUT2D eigenvalue weighted by atomic mass is 10.0. The number of urea groups is 1. The highest BCUT2D eigenvalue weighted by Crippen LogP contribution is 2.33. The highest BCUT2D eigenvalue weighted by molar-refractivity contribution is 5.94. The molecule has 1 aliphatic heterocycles. The SMILES string of the molecule is CC1=CC=CC(NC(=O)N2CCc3cc(Oc4cc(CNC(C)C)ncn4)ccc32)C1. The Morgan fingerprint density at radius 1 is 1.29 bits per heavy atom. The number of anilines is 1. The number of ether oxygens (including phenoxy) is 1. The van der Waals surface area contributed by atoms with E-state index < -0.39 is 0 Å². The summed E-state index contributed by atoms with van der Waals surface area (Å²) in [6.45, 7) is 7.59. The van der Waals surface area contributed by atoms with E-state index in [9.17, 15) is 4.79 Å². The van der Waals surface area contributed by atoms with Gasteiger partial charge in [0.1, 0.15) is 12.1 Å². The summed E-state index contributed by atoms with van der Waals surface area (Å²) in [7, 11) is 0. The summed E-state index contributed by atoms with van der Waals surface area (Å²) < 4.78 is 5.97. The van der Waals surface area contributed by atoms with Gasteiger partial charge in [0.05, 0.1) is 11.7 Å². The van der Waals surface area contributed by atoms with Crippen LogP contribution in [0, 0.1) is 0 Å². The van der Waals surface area contributed by atoms with E-state index in [1.54, 1.807) is 4.90 Å². The van der Waals surface area contributed by atoms with Crippen molar-refractivity contribution >= 4 is 11.7 Å². The van der Waals surface area contributed by atoms with Crippen LogP contribution in [0.5, 0.6) is 11.6 Å². The number of carbonyl (C=O) groups is 1. The van der Waals surface area contributed by atoms with Gasteiger partial charge in [0.15, 0.2) is 0 Å². The first kappa shape index (κ1) is 21.1. The smallest absolute Gasteiger partial charge is 0.322 e. The van der Waals surface area contributed by atoms with Gasteiger partial charge in [-0.3, -0.25) is 4.90 Å². The molecule has 1 aliphatic carbocycles. The van der Waals surface area contributed by atoms with E-state index in [0.29, 0.717) is 30.8 Å². The lowest BCUT2D eigenvalue weighted by Gasteiger charge is -2.23. The van der Waals surface area contributed by atoms with Crippen LogP contribution >= 0.6 is 0 Å². The van der Waals surface area contributed by atoms with Gasteiger partial charge in [-0.15, -0.1) is 0 Å². The molecule has 0 bridgehead atoms. The Hall–Kier alpha value is -3.19. The maximum absolute atomic E-state index is 12.8. The average molecular weight is 420 g/mol. The average Bonchev–Trinajstić information content (AvgIpc) is 3.16. The summed E-state index contributed by atoms with van der Waals surface area (Å²) in [5.41, 5.74) is 4.17. The van der Waals surface area contributed by atoms with Crippen molar-refractivity contribution in [2.24, 2.45) is 0 Å². The van der Waals surface area contributed by atoms with Crippen LogP contribution in [0.4, 0.5) is 10.5 Å². The minimum absolute atomic E-state index is 0.0429. The summed E-state index contributed by atoms with van der Waals surface area (Å²) >= 11 is 0. The van der Waals surface area contributed by atoms with Gasteiger partial charge in [0, 0.05) is 30.9 Å². The molecule has 2 heterocycles. The van der Waals surface area contributed by atoms with E-state index in [2.05, 4.69) is 47.4 Å². The molecular weight excluding hydrogens is 390 g/mol. The van der Waals surface area contributed by atoms with Gasteiger partial charge < -0.3 is 15.4 Å². The molecule has 1 atom stereocenters. The third-order valence-electron chi connectivity index (χ3n) is 5.38. The van der Waals surface area contributed by atoms with Crippen molar-refractivity contribution in [2.45, 2.75) is 52.2 Å². The van der Waals surface area contributed by atoms with Crippen LogP contribution in [0.2, 0.25) is 0 Å². The third kappa shape index (κ3) is 5.30. The Balaban J connectivity index is 1.41. The second-order valence-corrected chi connectivity index (χ2v) is 8.34. The lowest BCUT2D eigenvalue weighted by Crippen LogP contribution is -2.44. The van der Waals surface area contributed by atoms with Crippen molar-refractivity contribution in [3.05, 3.63) is 65.7 Å². The zero-order valence-electron chi connectivity index (χ0n) is 18.3. The van der Waals surface area contributed by atoms with E-state index in [4.69, 9.17) is 4.74 Å². The summed E-state index contributed by atoms with van der Waals surface area (Å²) in [5.74, 6) is 1.22. The van der Waals surface area contributed by atoms with Gasteiger partial charge in [-0.1, -0.05) is 37.6 Å². The molecule has 0 radical (unpaired) electrons. The Bertz CT molecular complexity index is 1010. The van der Waals surface area contributed by atoms with E-state index in [-0.39, 0.29) is 12.1 Å². The highest BCUT2D eigenvalue weighted by atomic mass is 16.5. The lowest BCUT2D eigenvalue weighted by molar-refractivity contribution is 0.244. The summed E-state index contributed by atoms with van der Waals surface area (Å²) in [6, 6.07) is 8.02. The van der Waals surface area contributed by atoms with Gasteiger partial charge >= 0.3 is 6.03 Å². The number of fused-ring (bicyclic) bond motifs is 1. The predicted octanol–water partition coefficient (Wildman–Crippen LogP) is 4.11. The number of aromatic nitrogens is 2. The van der Waals surface area contributed by atoms with Crippen LogP contribution in [-0.2, 0) is 13.0 Å². The van der Waals surface area contributed by atoms with Gasteiger partial charge in [0.2, 0.25) is 5.88 Å². The number of rotatable bonds is 6. The molecule has 0 fully saturated rings. The Labute approximate surface area is 183 Å². The first-order chi connectivity index (χ1) is 15.0. The fourth-order valence-electron chi connectivity index (χ4n) is 3.78. The van der Waals surface area contributed by atoms with E-state index in [1.807, 2.05) is 36.4 Å². The first-order valence-corrected chi connectivity index (χ1v) is 10.7. The van der Waals surface area contributed by atoms with E-state index >= 15 is 0 Å². The molecule has 2 aliphatic rings. The number of nitrogens with zero attached hydrogens (tertiary/aromatic N) is 3. The fourth-order valence-corrected chi connectivity index (χ4v) is 3.78. The topological polar surface area (TPSA) is 79.4 Å². The van der Waals surface area contributed by atoms with Gasteiger partial charge in [-0.05, 0) is 43.5 Å². The van der Waals surface area contributed by atoms with Crippen molar-refractivity contribution < 1.29 is 9.53 Å². The predicted molar refractivity (Wildman–Crippen MR) is 121 cm³/mol. The van der Waals surface area contributed by atoms with Crippen LogP contribution in [0.25, 0.3) is 0 Å². The fraction of sp³-hybridized carbons (Fsp3) is 0.375. The molecule has 2 aromatic rings. The molecule has 162 valence electrons. The van der Waals surface area contributed by atoms with Crippen LogP contribution in [-0.4, -0.2) is 34.6 Å². The number of benzene rings is 1. The van der Waals surface area contributed by atoms with Crippen LogP contribution in [0.15, 0.2) is 54.4 Å². The standard InChI is InChI=1S/C24H29N5O2/c1-16(2)25-14-20-13-23(27-15-26-20)31-21-7-8-22-18(12-21)9-10-29(22)24(30)28-19-6-4-5-17(3)11-19/h4-8,12-13,15-16,19,25H,9-11,14H2,1-3H3,(H,28,30). The van der Waals surface area contributed by atoms with Crippen LogP contribution < -0.4 is 20.3 Å². The highest BCUT2D eigenvalue weighted by Gasteiger charge is 2.26. The molecule has 0 saturated carbocycles. The number of carbonyl (C=O) groups excluding carboxylic acids is 1. The van der Waals surface area contributed by atoms with Gasteiger partial charge in [-0.25, -0.2) is 14.8 Å². The molecule has 1 aromatic carbocycles. The molecule has 1 unspecified atom stereocenters. The monoisotopic (exact) mass is 419 g/mol. The number of allylic oxidation sites excluding steroid dienone is 2. The van der Waals surface area contributed by atoms with Crippen LogP contribution in [0.3, 0.4) is 0 Å². The Morgan fingerprint density at radius 3 is 2.97 bits per heavy atom. The number of nitrogens with one attached hydrogen (secondary N) is 2.